The number of esters is 1. The van der Waals surface area contributed by atoms with Crippen LogP contribution in [0.15, 0.2) is 0 Å². The molecule has 0 aromatic heterocycles. The highest BCUT2D eigenvalue weighted by Crippen LogP contribution is 2.31. The van der Waals surface area contributed by atoms with Crippen LogP contribution in [0.25, 0.3) is 0 Å². The predicted molar refractivity (Wildman–Crippen MR) is 53.5 cm³/mol. The van der Waals surface area contributed by atoms with Crippen molar-refractivity contribution in [3.8, 4) is 0 Å². The summed E-state index contributed by atoms with van der Waals surface area (Å²) in [7, 11) is 2.80. The first-order chi connectivity index (χ1) is 7.62. The smallest absolute Gasteiger partial charge is 0.305 e. The van der Waals surface area contributed by atoms with Gasteiger partial charge in [0.25, 0.3) is 0 Å². The standard InChI is InChI=1S/C10H18O6/c1-14-8(13)3-6-4-9(15-2)16-10(6)7(12)5-11/h6-7,9-12H,3-5H2,1-2H3/t6-,7+,9+,10-/m0/s1. The summed E-state index contributed by atoms with van der Waals surface area (Å²) in [5.41, 5.74) is 0. The molecular weight excluding hydrogens is 216 g/mol. The Bertz CT molecular complexity index is 231. The van der Waals surface area contributed by atoms with Gasteiger partial charge in [-0.3, -0.25) is 4.79 Å². The summed E-state index contributed by atoms with van der Waals surface area (Å²) in [6, 6.07) is 0. The zero-order chi connectivity index (χ0) is 12.1. The zero-order valence-corrected chi connectivity index (χ0v) is 9.46. The second-order valence-corrected chi connectivity index (χ2v) is 3.79. The third-order valence-corrected chi connectivity index (χ3v) is 2.75. The maximum atomic E-state index is 11.2. The van der Waals surface area contributed by atoms with Crippen molar-refractivity contribution in [1.82, 2.24) is 0 Å². The first-order valence-electron chi connectivity index (χ1n) is 5.16. The molecule has 1 fully saturated rings. The Kier molecular flexibility index (Phi) is 5.14. The lowest BCUT2D eigenvalue weighted by Gasteiger charge is -2.21. The molecule has 94 valence electrons. The molecule has 1 saturated heterocycles. The van der Waals surface area contributed by atoms with E-state index in [1.165, 1.54) is 14.2 Å². The van der Waals surface area contributed by atoms with Crippen LogP contribution in [0.5, 0.6) is 0 Å². The summed E-state index contributed by atoms with van der Waals surface area (Å²) in [6.07, 6.45) is -1.38. The van der Waals surface area contributed by atoms with E-state index in [1.54, 1.807) is 0 Å². The third kappa shape index (κ3) is 3.15. The van der Waals surface area contributed by atoms with Crippen LogP contribution in [0.1, 0.15) is 12.8 Å². The highest BCUT2D eigenvalue weighted by Gasteiger charge is 2.40. The maximum absolute atomic E-state index is 11.2. The monoisotopic (exact) mass is 234 g/mol. The molecule has 0 unspecified atom stereocenters. The molecule has 0 aliphatic carbocycles. The molecule has 0 spiro atoms. The molecule has 0 radical (unpaired) electrons. The molecule has 0 bridgehead atoms. The van der Waals surface area contributed by atoms with Crippen LogP contribution < -0.4 is 0 Å². The van der Waals surface area contributed by atoms with Gasteiger partial charge in [0, 0.05) is 19.4 Å². The van der Waals surface area contributed by atoms with Crippen LogP contribution in [0.2, 0.25) is 0 Å². The van der Waals surface area contributed by atoms with E-state index in [0.717, 1.165) is 0 Å². The average Bonchev–Trinajstić information content (AvgIpc) is 2.71. The van der Waals surface area contributed by atoms with E-state index in [2.05, 4.69) is 4.74 Å². The normalized spacial score (nSPS) is 31.4. The summed E-state index contributed by atoms with van der Waals surface area (Å²) >= 11 is 0. The van der Waals surface area contributed by atoms with E-state index in [4.69, 9.17) is 14.6 Å². The molecule has 0 aromatic rings. The molecule has 1 heterocycles. The van der Waals surface area contributed by atoms with Crippen molar-refractivity contribution in [3.63, 3.8) is 0 Å². The second kappa shape index (κ2) is 6.15. The summed E-state index contributed by atoms with van der Waals surface area (Å²) in [4.78, 5) is 11.2. The highest BCUT2D eigenvalue weighted by atomic mass is 16.7. The molecular formula is C10H18O6. The summed E-state index contributed by atoms with van der Waals surface area (Å²) in [6.45, 7) is -0.404. The average molecular weight is 234 g/mol. The number of carbonyl (C=O) groups is 1. The number of hydrogen-bond acceptors (Lipinski definition) is 6. The molecule has 4 atom stereocenters. The van der Waals surface area contributed by atoms with E-state index in [1.807, 2.05) is 0 Å². The molecule has 0 saturated carbocycles. The lowest BCUT2D eigenvalue weighted by atomic mass is 9.94. The number of aliphatic hydroxyl groups is 2. The van der Waals surface area contributed by atoms with Crippen molar-refractivity contribution in [3.05, 3.63) is 0 Å². The Morgan fingerprint density at radius 2 is 2.25 bits per heavy atom. The lowest BCUT2D eigenvalue weighted by molar-refractivity contribution is -0.151. The minimum absolute atomic E-state index is 0.151. The molecule has 16 heavy (non-hydrogen) atoms. The van der Waals surface area contributed by atoms with Crippen molar-refractivity contribution in [2.45, 2.75) is 31.3 Å². The van der Waals surface area contributed by atoms with Crippen LogP contribution in [0, 0.1) is 5.92 Å². The fourth-order valence-electron chi connectivity index (χ4n) is 1.88. The van der Waals surface area contributed by atoms with Gasteiger partial charge in [0.15, 0.2) is 6.29 Å². The number of carbonyl (C=O) groups excluding carboxylic acids is 1. The molecule has 6 nitrogen and oxygen atoms in total. The van der Waals surface area contributed by atoms with Gasteiger partial charge >= 0.3 is 5.97 Å². The Morgan fingerprint density at radius 1 is 1.56 bits per heavy atom. The van der Waals surface area contributed by atoms with Crippen molar-refractivity contribution in [1.29, 1.82) is 0 Å². The first kappa shape index (κ1) is 13.4. The Morgan fingerprint density at radius 3 is 2.75 bits per heavy atom. The van der Waals surface area contributed by atoms with Gasteiger partial charge in [-0.2, -0.15) is 0 Å². The largest absolute Gasteiger partial charge is 0.469 e. The molecule has 1 rings (SSSR count). The first-order valence-corrected chi connectivity index (χ1v) is 5.16. The predicted octanol–water partition coefficient (Wildman–Crippen LogP) is -0.720. The van der Waals surface area contributed by atoms with Crippen LogP contribution >= 0.6 is 0 Å². The van der Waals surface area contributed by atoms with Gasteiger partial charge in [-0.05, 0) is 0 Å². The van der Waals surface area contributed by atoms with Gasteiger partial charge in [-0.15, -0.1) is 0 Å². The van der Waals surface area contributed by atoms with Crippen molar-refractivity contribution in [2.75, 3.05) is 20.8 Å². The SMILES string of the molecule is COC(=O)C[C@H]1C[C@H](OC)O[C@@H]1[C@H](O)CO. The van der Waals surface area contributed by atoms with E-state index < -0.39 is 25.1 Å². The molecule has 0 amide bonds. The minimum atomic E-state index is -1.00. The Balaban J connectivity index is 2.60. The number of aliphatic hydroxyl groups excluding tert-OH is 2. The molecule has 6 heteroatoms. The van der Waals surface area contributed by atoms with Gasteiger partial charge < -0.3 is 24.4 Å². The van der Waals surface area contributed by atoms with Crippen LogP contribution in [0.3, 0.4) is 0 Å². The number of rotatable bonds is 5. The fraction of sp³-hybridized carbons (Fsp3) is 0.900. The van der Waals surface area contributed by atoms with Gasteiger partial charge in [0.1, 0.15) is 6.10 Å². The van der Waals surface area contributed by atoms with Crippen molar-refractivity contribution < 1.29 is 29.2 Å². The summed E-state index contributed by atoms with van der Waals surface area (Å²) in [5.74, 6) is -0.556. The minimum Gasteiger partial charge on any atom is -0.469 e. The van der Waals surface area contributed by atoms with Crippen LogP contribution in [-0.4, -0.2) is 55.5 Å². The zero-order valence-electron chi connectivity index (χ0n) is 9.46. The molecule has 1 aliphatic rings. The second-order valence-electron chi connectivity index (χ2n) is 3.79. The van der Waals surface area contributed by atoms with Gasteiger partial charge in [0.2, 0.25) is 0 Å². The van der Waals surface area contributed by atoms with Crippen LogP contribution in [0.4, 0.5) is 0 Å². The Labute approximate surface area is 94.1 Å². The fourth-order valence-corrected chi connectivity index (χ4v) is 1.88. The van der Waals surface area contributed by atoms with E-state index in [0.29, 0.717) is 6.42 Å². The molecule has 0 aromatic carbocycles. The summed E-state index contributed by atoms with van der Waals surface area (Å²) in [5, 5.41) is 18.4. The third-order valence-electron chi connectivity index (χ3n) is 2.75. The maximum Gasteiger partial charge on any atom is 0.305 e. The number of methoxy groups -OCH3 is 2. The highest BCUT2D eigenvalue weighted by molar-refractivity contribution is 5.69. The summed E-state index contributed by atoms with van der Waals surface area (Å²) < 4.78 is 15.0. The van der Waals surface area contributed by atoms with Crippen molar-refractivity contribution in [2.24, 2.45) is 5.92 Å². The van der Waals surface area contributed by atoms with E-state index in [9.17, 15) is 9.90 Å². The Hall–Kier alpha value is -0.690. The topological polar surface area (TPSA) is 85.2 Å². The number of ether oxygens (including phenoxy) is 3. The lowest BCUT2D eigenvalue weighted by Crippen LogP contribution is -2.35. The number of hydrogen-bond donors (Lipinski definition) is 2. The van der Waals surface area contributed by atoms with Gasteiger partial charge in [-0.25, -0.2) is 0 Å². The van der Waals surface area contributed by atoms with Gasteiger partial charge in [0.05, 0.1) is 26.2 Å². The van der Waals surface area contributed by atoms with E-state index in [-0.39, 0.29) is 18.3 Å². The van der Waals surface area contributed by atoms with E-state index >= 15 is 0 Å². The molecule has 2 N–H and O–H groups in total. The molecule has 1 aliphatic heterocycles. The quantitative estimate of drug-likeness (QED) is 0.611. The van der Waals surface area contributed by atoms with Crippen LogP contribution in [-0.2, 0) is 19.0 Å². The van der Waals surface area contributed by atoms with Gasteiger partial charge in [-0.1, -0.05) is 0 Å². The van der Waals surface area contributed by atoms with Crippen molar-refractivity contribution >= 4 is 5.97 Å².